The fourth-order valence-electron chi connectivity index (χ4n) is 2.35. The van der Waals surface area contributed by atoms with Crippen LogP contribution < -0.4 is 10.1 Å². The van der Waals surface area contributed by atoms with Crippen molar-refractivity contribution in [2.75, 3.05) is 19.0 Å². The van der Waals surface area contributed by atoms with Gasteiger partial charge in [0.1, 0.15) is 5.75 Å². The highest BCUT2D eigenvalue weighted by atomic mass is 16.5. The van der Waals surface area contributed by atoms with E-state index in [-0.39, 0.29) is 6.61 Å². The van der Waals surface area contributed by atoms with Crippen LogP contribution in [0.5, 0.6) is 5.75 Å². The summed E-state index contributed by atoms with van der Waals surface area (Å²) in [6.07, 6.45) is 1.67. The molecule has 2 N–H and O–H groups in total. The number of hydrogen-bond acceptors (Lipinski definition) is 3. The van der Waals surface area contributed by atoms with Gasteiger partial charge in [-0.2, -0.15) is 0 Å². The normalized spacial score (nSPS) is 12.0. The summed E-state index contributed by atoms with van der Waals surface area (Å²) in [6.45, 7) is 2.37. The standard InChI is InChI=1S/C18H23NO2/c1-14(13-16-5-9-18(21-2)10-6-16)19-17-7-3-15(4-8-17)11-12-20/h3-10,14,19-20H,11-13H2,1-2H3. The van der Waals surface area contributed by atoms with Crippen LogP contribution in [-0.4, -0.2) is 24.9 Å². The van der Waals surface area contributed by atoms with Crippen LogP contribution in [0.25, 0.3) is 0 Å². The Kier molecular flexibility index (Phi) is 5.64. The predicted molar refractivity (Wildman–Crippen MR) is 87.0 cm³/mol. The molecule has 0 amide bonds. The minimum Gasteiger partial charge on any atom is -0.497 e. The minimum absolute atomic E-state index is 0.195. The Morgan fingerprint density at radius 2 is 1.62 bits per heavy atom. The van der Waals surface area contributed by atoms with Gasteiger partial charge in [-0.3, -0.25) is 0 Å². The maximum Gasteiger partial charge on any atom is 0.118 e. The first-order valence-corrected chi connectivity index (χ1v) is 7.30. The molecule has 0 radical (unpaired) electrons. The van der Waals surface area contributed by atoms with Gasteiger partial charge < -0.3 is 15.2 Å². The van der Waals surface area contributed by atoms with E-state index in [9.17, 15) is 0 Å². The number of anilines is 1. The topological polar surface area (TPSA) is 41.5 Å². The third kappa shape index (κ3) is 4.80. The van der Waals surface area contributed by atoms with Crippen LogP contribution >= 0.6 is 0 Å². The Bertz CT molecular complexity index is 534. The van der Waals surface area contributed by atoms with Gasteiger partial charge in [0.25, 0.3) is 0 Å². The van der Waals surface area contributed by atoms with Crippen molar-refractivity contribution in [2.45, 2.75) is 25.8 Å². The number of aliphatic hydroxyl groups excluding tert-OH is 1. The van der Waals surface area contributed by atoms with Crippen LogP contribution in [0.3, 0.4) is 0 Å². The SMILES string of the molecule is COc1ccc(CC(C)Nc2ccc(CCO)cc2)cc1. The molecule has 3 heteroatoms. The molecular weight excluding hydrogens is 262 g/mol. The molecule has 21 heavy (non-hydrogen) atoms. The third-order valence-electron chi connectivity index (χ3n) is 3.47. The number of aliphatic hydroxyl groups is 1. The van der Waals surface area contributed by atoms with Gasteiger partial charge in [-0.15, -0.1) is 0 Å². The van der Waals surface area contributed by atoms with E-state index in [1.54, 1.807) is 7.11 Å². The van der Waals surface area contributed by atoms with Crippen molar-refractivity contribution < 1.29 is 9.84 Å². The smallest absolute Gasteiger partial charge is 0.118 e. The molecule has 0 aliphatic rings. The molecule has 112 valence electrons. The number of benzene rings is 2. The lowest BCUT2D eigenvalue weighted by Crippen LogP contribution is -2.18. The largest absolute Gasteiger partial charge is 0.497 e. The van der Waals surface area contributed by atoms with Crippen molar-refractivity contribution in [3.8, 4) is 5.75 Å². The van der Waals surface area contributed by atoms with Crippen molar-refractivity contribution in [3.63, 3.8) is 0 Å². The maximum absolute atomic E-state index is 8.91. The maximum atomic E-state index is 8.91. The second kappa shape index (κ2) is 7.70. The van der Waals surface area contributed by atoms with E-state index in [1.165, 1.54) is 5.56 Å². The zero-order valence-electron chi connectivity index (χ0n) is 12.7. The molecule has 1 atom stereocenters. The number of nitrogens with one attached hydrogen (secondary N) is 1. The van der Waals surface area contributed by atoms with Gasteiger partial charge in [0.2, 0.25) is 0 Å². The number of rotatable bonds is 7. The van der Waals surface area contributed by atoms with Crippen LogP contribution in [0.1, 0.15) is 18.1 Å². The lowest BCUT2D eigenvalue weighted by Gasteiger charge is -2.16. The quantitative estimate of drug-likeness (QED) is 0.820. The molecule has 2 aromatic carbocycles. The first-order chi connectivity index (χ1) is 10.2. The molecule has 2 rings (SSSR count). The van der Waals surface area contributed by atoms with Gasteiger partial charge in [-0.25, -0.2) is 0 Å². The molecule has 0 saturated carbocycles. The summed E-state index contributed by atoms with van der Waals surface area (Å²) in [7, 11) is 1.68. The highest BCUT2D eigenvalue weighted by Crippen LogP contribution is 2.15. The molecule has 0 fully saturated rings. The Morgan fingerprint density at radius 1 is 1.00 bits per heavy atom. The molecule has 0 saturated heterocycles. The van der Waals surface area contributed by atoms with Crippen molar-refractivity contribution in [1.29, 1.82) is 0 Å². The average Bonchev–Trinajstić information content (AvgIpc) is 2.50. The summed E-state index contributed by atoms with van der Waals surface area (Å²) in [6, 6.07) is 16.8. The molecule has 1 unspecified atom stereocenters. The van der Waals surface area contributed by atoms with E-state index in [2.05, 4.69) is 48.6 Å². The second-order valence-corrected chi connectivity index (χ2v) is 5.27. The van der Waals surface area contributed by atoms with Crippen molar-refractivity contribution in [3.05, 3.63) is 59.7 Å². The number of methoxy groups -OCH3 is 1. The van der Waals surface area contributed by atoms with Gasteiger partial charge in [0, 0.05) is 18.3 Å². The van der Waals surface area contributed by atoms with Crippen LogP contribution in [0.15, 0.2) is 48.5 Å². The summed E-state index contributed by atoms with van der Waals surface area (Å²) < 4.78 is 5.17. The third-order valence-corrected chi connectivity index (χ3v) is 3.47. The molecule has 0 spiro atoms. The monoisotopic (exact) mass is 285 g/mol. The zero-order valence-corrected chi connectivity index (χ0v) is 12.7. The van der Waals surface area contributed by atoms with Gasteiger partial charge in [0.05, 0.1) is 7.11 Å². The lowest BCUT2D eigenvalue weighted by molar-refractivity contribution is 0.299. The zero-order chi connectivity index (χ0) is 15.1. The van der Waals surface area contributed by atoms with E-state index in [0.717, 1.165) is 23.4 Å². The molecule has 0 aromatic heterocycles. The fraction of sp³-hybridized carbons (Fsp3) is 0.333. The van der Waals surface area contributed by atoms with Crippen LogP contribution in [-0.2, 0) is 12.8 Å². The highest BCUT2D eigenvalue weighted by molar-refractivity contribution is 5.45. The van der Waals surface area contributed by atoms with Gasteiger partial charge >= 0.3 is 0 Å². The Morgan fingerprint density at radius 3 is 2.19 bits per heavy atom. The first-order valence-electron chi connectivity index (χ1n) is 7.30. The summed E-state index contributed by atoms with van der Waals surface area (Å²) in [5.41, 5.74) is 3.55. The molecule has 0 heterocycles. The summed E-state index contributed by atoms with van der Waals surface area (Å²) in [5, 5.41) is 12.4. The van der Waals surface area contributed by atoms with E-state index < -0.39 is 0 Å². The minimum atomic E-state index is 0.195. The van der Waals surface area contributed by atoms with Crippen molar-refractivity contribution >= 4 is 5.69 Å². The Labute approximate surface area is 126 Å². The number of hydrogen-bond donors (Lipinski definition) is 2. The van der Waals surface area contributed by atoms with E-state index in [1.807, 2.05) is 12.1 Å². The summed E-state index contributed by atoms with van der Waals surface area (Å²) in [4.78, 5) is 0. The van der Waals surface area contributed by atoms with Crippen LogP contribution in [0, 0.1) is 0 Å². The number of ether oxygens (including phenoxy) is 1. The van der Waals surface area contributed by atoms with E-state index in [4.69, 9.17) is 9.84 Å². The van der Waals surface area contributed by atoms with E-state index in [0.29, 0.717) is 12.5 Å². The summed E-state index contributed by atoms with van der Waals surface area (Å²) in [5.74, 6) is 0.888. The molecule has 0 bridgehead atoms. The Hall–Kier alpha value is -2.00. The lowest BCUT2D eigenvalue weighted by atomic mass is 10.1. The molecular formula is C18H23NO2. The molecule has 0 aliphatic carbocycles. The van der Waals surface area contributed by atoms with Crippen molar-refractivity contribution in [1.82, 2.24) is 0 Å². The van der Waals surface area contributed by atoms with Gasteiger partial charge in [-0.1, -0.05) is 24.3 Å². The van der Waals surface area contributed by atoms with Crippen molar-refractivity contribution in [2.24, 2.45) is 0 Å². The fourth-order valence-corrected chi connectivity index (χ4v) is 2.35. The van der Waals surface area contributed by atoms with E-state index >= 15 is 0 Å². The molecule has 0 aliphatic heterocycles. The molecule has 3 nitrogen and oxygen atoms in total. The Balaban J connectivity index is 1.89. The van der Waals surface area contributed by atoms with Crippen LogP contribution in [0.2, 0.25) is 0 Å². The molecule has 2 aromatic rings. The van der Waals surface area contributed by atoms with Crippen LogP contribution in [0.4, 0.5) is 5.69 Å². The van der Waals surface area contributed by atoms with Gasteiger partial charge in [-0.05, 0) is 55.2 Å². The highest BCUT2D eigenvalue weighted by Gasteiger charge is 2.04. The second-order valence-electron chi connectivity index (χ2n) is 5.27. The first kappa shape index (κ1) is 15.4. The predicted octanol–water partition coefficient (Wildman–Crippen LogP) is 3.27. The average molecular weight is 285 g/mol. The summed E-state index contributed by atoms with van der Waals surface area (Å²) >= 11 is 0. The van der Waals surface area contributed by atoms with Gasteiger partial charge in [0.15, 0.2) is 0 Å².